The van der Waals surface area contributed by atoms with Gasteiger partial charge < -0.3 is 15.0 Å². The average molecular weight is 299 g/mol. The van der Waals surface area contributed by atoms with Crippen molar-refractivity contribution in [3.63, 3.8) is 0 Å². The highest BCUT2D eigenvalue weighted by atomic mass is 16.5. The molecule has 5 heteroatoms. The fourth-order valence-corrected chi connectivity index (χ4v) is 3.00. The Morgan fingerprint density at radius 2 is 2.05 bits per heavy atom. The number of hydrogen-bond acceptors (Lipinski definition) is 5. The topological polar surface area (TPSA) is 44.8 Å². The van der Waals surface area contributed by atoms with Crippen molar-refractivity contribution in [2.24, 2.45) is 0 Å². The lowest BCUT2D eigenvalue weighted by Crippen LogP contribution is -2.52. The summed E-state index contributed by atoms with van der Waals surface area (Å²) in [5.74, 6) is -0.126. The van der Waals surface area contributed by atoms with Crippen LogP contribution in [0.4, 0.5) is 0 Å². The van der Waals surface area contributed by atoms with Crippen LogP contribution in [0.15, 0.2) is 0 Å². The number of nitrogens with one attached hydrogen (secondary N) is 1. The first-order valence-electron chi connectivity index (χ1n) is 8.33. The van der Waals surface area contributed by atoms with Crippen LogP contribution in [0.1, 0.15) is 40.5 Å². The lowest BCUT2D eigenvalue weighted by molar-refractivity contribution is -0.146. The Morgan fingerprint density at radius 1 is 1.33 bits per heavy atom. The summed E-state index contributed by atoms with van der Waals surface area (Å²) in [4.78, 5) is 17.0. The van der Waals surface area contributed by atoms with Crippen molar-refractivity contribution >= 4 is 5.97 Å². The van der Waals surface area contributed by atoms with Crippen LogP contribution in [-0.4, -0.2) is 73.7 Å². The Kier molecular flexibility index (Phi) is 8.22. The molecule has 0 saturated carbocycles. The number of carbonyl (C=O) groups is 1. The maximum atomic E-state index is 12.2. The van der Waals surface area contributed by atoms with Gasteiger partial charge in [-0.05, 0) is 39.9 Å². The largest absolute Gasteiger partial charge is 0.465 e. The lowest BCUT2D eigenvalue weighted by Gasteiger charge is -2.33. The molecule has 0 aromatic carbocycles. The summed E-state index contributed by atoms with van der Waals surface area (Å²) in [5.41, 5.74) is 0. The zero-order valence-corrected chi connectivity index (χ0v) is 14.4. The third-order valence-corrected chi connectivity index (χ3v) is 4.02. The second-order valence-electron chi connectivity index (χ2n) is 6.30. The predicted octanol–water partition coefficient (Wildman–Crippen LogP) is 1.33. The number of likely N-dealkylation sites (N-methyl/N-ethyl adjacent to an activating group) is 1. The van der Waals surface area contributed by atoms with Crippen LogP contribution in [-0.2, 0) is 9.53 Å². The zero-order chi connectivity index (χ0) is 15.8. The van der Waals surface area contributed by atoms with Crippen molar-refractivity contribution in [1.82, 2.24) is 15.1 Å². The Labute approximate surface area is 130 Å². The van der Waals surface area contributed by atoms with E-state index >= 15 is 0 Å². The highest BCUT2D eigenvalue weighted by Gasteiger charge is 2.28. The number of nitrogens with zero attached hydrogens (tertiary/aromatic N) is 2. The third kappa shape index (κ3) is 6.32. The van der Waals surface area contributed by atoms with Gasteiger partial charge in [-0.15, -0.1) is 0 Å². The van der Waals surface area contributed by atoms with Gasteiger partial charge in [-0.25, -0.2) is 0 Å². The van der Waals surface area contributed by atoms with Gasteiger partial charge in [0.15, 0.2) is 0 Å². The number of hydrogen-bond donors (Lipinski definition) is 1. The molecule has 0 radical (unpaired) electrons. The van der Waals surface area contributed by atoms with Gasteiger partial charge >= 0.3 is 5.97 Å². The number of rotatable bonds is 7. The van der Waals surface area contributed by atoms with Crippen LogP contribution in [0.3, 0.4) is 0 Å². The minimum absolute atomic E-state index is 0.126. The molecule has 0 aromatic rings. The van der Waals surface area contributed by atoms with Gasteiger partial charge in [-0.3, -0.25) is 9.69 Å². The molecule has 1 N–H and O–H groups in total. The molecule has 0 aliphatic carbocycles. The highest BCUT2D eigenvalue weighted by molar-refractivity contribution is 5.76. The Balaban J connectivity index is 2.71. The number of carbonyl (C=O) groups excluding carboxylic acids is 1. The van der Waals surface area contributed by atoms with Crippen molar-refractivity contribution in [2.75, 3.05) is 39.8 Å². The quantitative estimate of drug-likeness (QED) is 0.719. The first kappa shape index (κ1) is 18.4. The van der Waals surface area contributed by atoms with Gasteiger partial charge in [-0.1, -0.05) is 20.8 Å². The molecule has 1 heterocycles. The molecule has 21 heavy (non-hydrogen) atoms. The maximum Gasteiger partial charge on any atom is 0.324 e. The Bertz CT molecular complexity index is 310. The summed E-state index contributed by atoms with van der Waals surface area (Å²) in [5, 5.41) is 3.36. The van der Waals surface area contributed by atoms with E-state index in [0.717, 1.165) is 39.0 Å². The molecule has 124 valence electrons. The predicted molar refractivity (Wildman–Crippen MR) is 86.5 cm³/mol. The molecule has 1 fully saturated rings. The summed E-state index contributed by atoms with van der Waals surface area (Å²) in [6, 6.07) is 0.555. The van der Waals surface area contributed by atoms with Crippen molar-refractivity contribution in [3.8, 4) is 0 Å². The maximum absolute atomic E-state index is 12.2. The monoisotopic (exact) mass is 299 g/mol. The summed E-state index contributed by atoms with van der Waals surface area (Å²) in [6.45, 7) is 12.7. The lowest BCUT2D eigenvalue weighted by atomic mass is 10.1. The van der Waals surface area contributed by atoms with Crippen molar-refractivity contribution in [1.29, 1.82) is 0 Å². The van der Waals surface area contributed by atoms with E-state index in [1.807, 2.05) is 6.92 Å². The van der Waals surface area contributed by atoms with Crippen molar-refractivity contribution in [2.45, 2.75) is 58.7 Å². The fourth-order valence-electron chi connectivity index (χ4n) is 3.00. The van der Waals surface area contributed by atoms with E-state index in [0.29, 0.717) is 12.6 Å². The molecule has 2 atom stereocenters. The minimum Gasteiger partial charge on any atom is -0.465 e. The molecule has 0 amide bonds. The molecule has 1 aliphatic rings. The molecule has 1 rings (SSSR count). The van der Waals surface area contributed by atoms with Gasteiger partial charge in [-0.2, -0.15) is 0 Å². The van der Waals surface area contributed by atoms with Crippen LogP contribution >= 0.6 is 0 Å². The van der Waals surface area contributed by atoms with E-state index in [1.165, 1.54) is 0 Å². The summed E-state index contributed by atoms with van der Waals surface area (Å²) >= 11 is 0. The molecule has 0 aromatic heterocycles. The van der Waals surface area contributed by atoms with Gasteiger partial charge in [0.25, 0.3) is 0 Å². The summed E-state index contributed by atoms with van der Waals surface area (Å²) in [7, 11) is 2.18. The minimum atomic E-state index is -0.234. The first-order chi connectivity index (χ1) is 9.97. The van der Waals surface area contributed by atoms with Crippen LogP contribution in [0, 0.1) is 0 Å². The van der Waals surface area contributed by atoms with Crippen LogP contribution in [0.5, 0.6) is 0 Å². The van der Waals surface area contributed by atoms with E-state index in [4.69, 9.17) is 4.74 Å². The highest BCUT2D eigenvalue weighted by Crippen LogP contribution is 2.13. The zero-order valence-electron chi connectivity index (χ0n) is 14.4. The van der Waals surface area contributed by atoms with Gasteiger partial charge in [0, 0.05) is 25.2 Å². The standard InChI is InChI=1S/C16H33N3O2/c1-6-14-11-18(5)9-8-10-19(14)12-15(17-13(3)4)16(20)21-7-2/h13-15,17H,6-12H2,1-5H3. The van der Waals surface area contributed by atoms with Gasteiger partial charge in [0.05, 0.1) is 6.61 Å². The molecule has 1 saturated heterocycles. The average Bonchev–Trinajstić information content (AvgIpc) is 2.59. The number of esters is 1. The van der Waals surface area contributed by atoms with E-state index in [9.17, 15) is 4.79 Å². The molecular formula is C16H33N3O2. The SMILES string of the molecule is CCOC(=O)C(CN1CCCN(C)CC1CC)NC(C)C. The molecule has 2 unspecified atom stereocenters. The van der Waals surface area contributed by atoms with E-state index in [2.05, 4.69) is 42.9 Å². The normalized spacial score (nSPS) is 23.0. The molecule has 1 aliphatic heterocycles. The van der Waals surface area contributed by atoms with Crippen molar-refractivity contribution < 1.29 is 9.53 Å². The second kappa shape index (κ2) is 9.38. The van der Waals surface area contributed by atoms with Crippen LogP contribution in [0.25, 0.3) is 0 Å². The van der Waals surface area contributed by atoms with Gasteiger partial charge in [0.1, 0.15) is 6.04 Å². The van der Waals surface area contributed by atoms with E-state index in [-0.39, 0.29) is 18.1 Å². The van der Waals surface area contributed by atoms with E-state index < -0.39 is 0 Å². The Hall–Kier alpha value is -0.650. The number of ether oxygens (including phenoxy) is 1. The smallest absolute Gasteiger partial charge is 0.324 e. The third-order valence-electron chi connectivity index (χ3n) is 4.02. The molecular weight excluding hydrogens is 266 g/mol. The fraction of sp³-hybridized carbons (Fsp3) is 0.938. The first-order valence-corrected chi connectivity index (χ1v) is 8.33. The molecule has 0 bridgehead atoms. The van der Waals surface area contributed by atoms with Crippen LogP contribution in [0.2, 0.25) is 0 Å². The van der Waals surface area contributed by atoms with Crippen LogP contribution < -0.4 is 5.32 Å². The van der Waals surface area contributed by atoms with E-state index in [1.54, 1.807) is 0 Å². The van der Waals surface area contributed by atoms with Gasteiger partial charge in [0.2, 0.25) is 0 Å². The summed E-state index contributed by atoms with van der Waals surface area (Å²) in [6.07, 6.45) is 2.27. The summed E-state index contributed by atoms with van der Waals surface area (Å²) < 4.78 is 5.23. The molecule has 5 nitrogen and oxygen atoms in total. The second-order valence-corrected chi connectivity index (χ2v) is 6.30. The Morgan fingerprint density at radius 3 is 2.62 bits per heavy atom. The molecule has 0 spiro atoms. The van der Waals surface area contributed by atoms with Crippen molar-refractivity contribution in [3.05, 3.63) is 0 Å².